The van der Waals surface area contributed by atoms with Gasteiger partial charge in [0, 0.05) is 12.3 Å². The van der Waals surface area contributed by atoms with Gasteiger partial charge in [-0.1, -0.05) is 32.1 Å². The number of rotatable bonds is 6. The first-order valence-corrected chi connectivity index (χ1v) is 7.64. The third-order valence-corrected chi connectivity index (χ3v) is 3.96. The van der Waals surface area contributed by atoms with Crippen molar-refractivity contribution in [2.24, 2.45) is 5.92 Å². The van der Waals surface area contributed by atoms with Crippen LogP contribution < -0.4 is 5.32 Å². The number of carboxylic acids is 1. The van der Waals surface area contributed by atoms with Gasteiger partial charge in [-0.2, -0.15) is 0 Å². The number of carbonyl (C=O) groups excluding carboxylic acids is 2. The summed E-state index contributed by atoms with van der Waals surface area (Å²) in [4.78, 5) is 34.5. The molecule has 6 heteroatoms. The normalized spacial score (nSPS) is 18.1. The fourth-order valence-electron chi connectivity index (χ4n) is 2.63. The molecule has 1 rings (SSSR count). The molecule has 0 aromatic rings. The molecule has 21 heavy (non-hydrogen) atoms. The van der Waals surface area contributed by atoms with E-state index < -0.39 is 18.0 Å². The Balaban J connectivity index is 2.50. The lowest BCUT2D eigenvalue weighted by molar-refractivity contribution is -0.144. The maximum Gasteiger partial charge on any atom is 0.326 e. The summed E-state index contributed by atoms with van der Waals surface area (Å²) in [5, 5.41) is 11.7. The quantitative estimate of drug-likeness (QED) is 0.730. The Morgan fingerprint density at radius 2 is 1.71 bits per heavy atom. The van der Waals surface area contributed by atoms with Gasteiger partial charge in [-0.05, 0) is 19.3 Å². The van der Waals surface area contributed by atoms with Crippen molar-refractivity contribution >= 4 is 17.8 Å². The highest BCUT2D eigenvalue weighted by molar-refractivity contribution is 5.85. The van der Waals surface area contributed by atoms with E-state index >= 15 is 0 Å². The highest BCUT2D eigenvalue weighted by atomic mass is 16.5. The van der Waals surface area contributed by atoms with Crippen molar-refractivity contribution in [3.05, 3.63) is 0 Å². The van der Waals surface area contributed by atoms with Crippen LogP contribution in [0.2, 0.25) is 0 Å². The SMILES string of the molecule is COC(=O)CCC(NC(=O)C1CCCCCCC1)C(=O)O. The fourth-order valence-corrected chi connectivity index (χ4v) is 2.63. The first-order chi connectivity index (χ1) is 10.0. The van der Waals surface area contributed by atoms with Crippen LogP contribution in [0.1, 0.15) is 57.8 Å². The van der Waals surface area contributed by atoms with Gasteiger partial charge in [-0.15, -0.1) is 0 Å². The monoisotopic (exact) mass is 299 g/mol. The summed E-state index contributed by atoms with van der Waals surface area (Å²) in [6.07, 6.45) is 7.17. The Morgan fingerprint density at radius 3 is 2.24 bits per heavy atom. The average molecular weight is 299 g/mol. The number of hydrogen-bond donors (Lipinski definition) is 2. The molecule has 0 radical (unpaired) electrons. The van der Waals surface area contributed by atoms with Crippen LogP contribution in [0.25, 0.3) is 0 Å². The number of amides is 1. The zero-order chi connectivity index (χ0) is 15.7. The van der Waals surface area contributed by atoms with Crippen molar-refractivity contribution in [2.45, 2.75) is 63.8 Å². The van der Waals surface area contributed by atoms with E-state index in [0.717, 1.165) is 38.5 Å². The minimum atomic E-state index is -1.11. The van der Waals surface area contributed by atoms with E-state index in [1.54, 1.807) is 0 Å². The average Bonchev–Trinajstić information content (AvgIpc) is 2.41. The maximum absolute atomic E-state index is 12.2. The van der Waals surface area contributed by atoms with Crippen molar-refractivity contribution in [2.75, 3.05) is 7.11 Å². The number of carbonyl (C=O) groups is 3. The minimum absolute atomic E-state index is 0.0155. The Hall–Kier alpha value is -1.59. The largest absolute Gasteiger partial charge is 0.480 e. The molecule has 2 N–H and O–H groups in total. The molecule has 0 aromatic heterocycles. The van der Waals surface area contributed by atoms with Crippen LogP contribution in [0.3, 0.4) is 0 Å². The van der Waals surface area contributed by atoms with E-state index in [1.807, 2.05) is 0 Å². The molecule has 0 saturated heterocycles. The van der Waals surface area contributed by atoms with Gasteiger partial charge in [-0.25, -0.2) is 4.79 Å². The molecule has 1 atom stereocenters. The van der Waals surface area contributed by atoms with Gasteiger partial charge in [0.1, 0.15) is 6.04 Å². The van der Waals surface area contributed by atoms with Crippen molar-refractivity contribution < 1.29 is 24.2 Å². The minimum Gasteiger partial charge on any atom is -0.480 e. The first-order valence-electron chi connectivity index (χ1n) is 7.64. The van der Waals surface area contributed by atoms with Gasteiger partial charge in [0.25, 0.3) is 0 Å². The smallest absolute Gasteiger partial charge is 0.326 e. The van der Waals surface area contributed by atoms with E-state index in [4.69, 9.17) is 5.11 Å². The zero-order valence-corrected chi connectivity index (χ0v) is 12.6. The maximum atomic E-state index is 12.2. The van der Waals surface area contributed by atoms with Crippen molar-refractivity contribution in [1.82, 2.24) is 5.32 Å². The van der Waals surface area contributed by atoms with Crippen LogP contribution in [0, 0.1) is 5.92 Å². The third-order valence-electron chi connectivity index (χ3n) is 3.96. The Kier molecular flexibility index (Phi) is 7.79. The Bertz CT molecular complexity index is 361. The lowest BCUT2D eigenvalue weighted by atomic mass is 9.90. The summed E-state index contributed by atoms with van der Waals surface area (Å²) in [6, 6.07) is -1.03. The summed E-state index contributed by atoms with van der Waals surface area (Å²) in [6.45, 7) is 0. The van der Waals surface area contributed by atoms with Gasteiger partial charge < -0.3 is 15.2 Å². The highest BCUT2D eigenvalue weighted by Crippen LogP contribution is 2.22. The molecule has 1 aliphatic rings. The standard InChI is InChI=1S/C15H25NO5/c1-21-13(17)10-9-12(15(19)20)16-14(18)11-7-5-3-2-4-6-8-11/h11-12H,2-10H2,1H3,(H,16,18)(H,19,20). The summed E-state index contributed by atoms with van der Waals surface area (Å²) in [7, 11) is 1.26. The number of methoxy groups -OCH3 is 1. The molecule has 1 unspecified atom stereocenters. The number of ether oxygens (including phenoxy) is 1. The van der Waals surface area contributed by atoms with Crippen molar-refractivity contribution in [3.8, 4) is 0 Å². The summed E-state index contributed by atoms with van der Waals surface area (Å²) < 4.78 is 4.49. The number of carboxylic acid groups (broad SMARTS) is 1. The van der Waals surface area contributed by atoms with Crippen LogP contribution in [-0.2, 0) is 19.1 Å². The molecule has 1 amide bonds. The Morgan fingerprint density at radius 1 is 1.14 bits per heavy atom. The molecule has 0 heterocycles. The van der Waals surface area contributed by atoms with Crippen LogP contribution >= 0.6 is 0 Å². The molecule has 6 nitrogen and oxygen atoms in total. The topological polar surface area (TPSA) is 92.7 Å². The zero-order valence-electron chi connectivity index (χ0n) is 12.6. The molecule has 120 valence electrons. The van der Waals surface area contributed by atoms with E-state index in [-0.39, 0.29) is 24.7 Å². The van der Waals surface area contributed by atoms with Gasteiger partial charge in [0.15, 0.2) is 0 Å². The molecule has 1 aliphatic carbocycles. The second-order valence-electron chi connectivity index (χ2n) is 5.56. The number of aliphatic carboxylic acids is 1. The van der Waals surface area contributed by atoms with Crippen LogP contribution in [0.15, 0.2) is 0 Å². The van der Waals surface area contributed by atoms with Crippen LogP contribution in [-0.4, -0.2) is 36.1 Å². The lowest BCUT2D eigenvalue weighted by Crippen LogP contribution is -2.44. The predicted octanol–water partition coefficient (Wildman–Crippen LogP) is 1.87. The molecule has 0 bridgehead atoms. The molecule has 0 aromatic carbocycles. The number of esters is 1. The first kappa shape index (κ1) is 17.5. The second kappa shape index (κ2) is 9.37. The molecule has 1 fully saturated rings. The number of hydrogen-bond acceptors (Lipinski definition) is 4. The molecular weight excluding hydrogens is 274 g/mol. The van der Waals surface area contributed by atoms with Gasteiger partial charge in [0.05, 0.1) is 7.11 Å². The predicted molar refractivity (Wildman–Crippen MR) is 76.6 cm³/mol. The summed E-state index contributed by atoms with van der Waals surface area (Å²) >= 11 is 0. The molecule has 0 spiro atoms. The van der Waals surface area contributed by atoms with Crippen molar-refractivity contribution in [1.29, 1.82) is 0 Å². The van der Waals surface area contributed by atoms with Crippen LogP contribution in [0.4, 0.5) is 0 Å². The van der Waals surface area contributed by atoms with E-state index in [9.17, 15) is 14.4 Å². The van der Waals surface area contributed by atoms with E-state index in [2.05, 4.69) is 10.1 Å². The van der Waals surface area contributed by atoms with Crippen molar-refractivity contribution in [3.63, 3.8) is 0 Å². The molecular formula is C15H25NO5. The second-order valence-corrected chi connectivity index (χ2v) is 5.56. The highest BCUT2D eigenvalue weighted by Gasteiger charge is 2.26. The number of nitrogens with one attached hydrogen (secondary N) is 1. The van der Waals surface area contributed by atoms with E-state index in [0.29, 0.717) is 0 Å². The molecule has 0 aliphatic heterocycles. The van der Waals surface area contributed by atoms with Gasteiger partial charge in [0.2, 0.25) is 5.91 Å². The lowest BCUT2D eigenvalue weighted by Gasteiger charge is -2.21. The van der Waals surface area contributed by atoms with Crippen LogP contribution in [0.5, 0.6) is 0 Å². The molecule has 1 saturated carbocycles. The summed E-state index contributed by atoms with van der Waals surface area (Å²) in [5.41, 5.74) is 0. The fraction of sp³-hybridized carbons (Fsp3) is 0.800. The third kappa shape index (κ3) is 6.60. The summed E-state index contributed by atoms with van der Waals surface area (Å²) in [5.74, 6) is -1.89. The Labute approximate surface area is 125 Å². The van der Waals surface area contributed by atoms with Gasteiger partial charge in [-0.3, -0.25) is 9.59 Å². The van der Waals surface area contributed by atoms with Gasteiger partial charge >= 0.3 is 11.9 Å². The van der Waals surface area contributed by atoms with E-state index in [1.165, 1.54) is 13.5 Å².